The third-order valence-corrected chi connectivity index (χ3v) is 2.98. The van der Waals surface area contributed by atoms with Gasteiger partial charge in [0.25, 0.3) is 0 Å². The van der Waals surface area contributed by atoms with Crippen molar-refractivity contribution < 1.29 is 0 Å². The maximum Gasteiger partial charge on any atom is 0.0935 e. The minimum absolute atomic E-state index is 0.450. The van der Waals surface area contributed by atoms with Crippen molar-refractivity contribution in [3.8, 4) is 11.3 Å². The number of hydrogen-bond acceptors (Lipinski definition) is 2. The Bertz CT molecular complexity index is 481. The van der Waals surface area contributed by atoms with Crippen molar-refractivity contribution in [2.24, 2.45) is 5.73 Å². The second-order valence-corrected chi connectivity index (χ2v) is 4.40. The molecule has 0 spiro atoms. The first-order valence-corrected chi connectivity index (χ1v) is 5.57. The zero-order valence-electron chi connectivity index (χ0n) is 7.80. The fraction of sp³-hybridized carbons (Fsp3) is 0.100. The van der Waals surface area contributed by atoms with Crippen LogP contribution >= 0.6 is 27.5 Å². The first-order chi connectivity index (χ1) is 7.20. The number of aromatic nitrogens is 2. The van der Waals surface area contributed by atoms with Gasteiger partial charge < -0.3 is 5.73 Å². The topological polar surface area (TPSA) is 54.7 Å². The van der Waals surface area contributed by atoms with Gasteiger partial charge in [-0.1, -0.05) is 27.5 Å². The van der Waals surface area contributed by atoms with Crippen molar-refractivity contribution in [3.05, 3.63) is 39.5 Å². The second kappa shape index (κ2) is 4.35. The van der Waals surface area contributed by atoms with E-state index >= 15 is 0 Å². The second-order valence-electron chi connectivity index (χ2n) is 3.11. The Hall–Kier alpha value is -0.840. The molecule has 1 aromatic heterocycles. The van der Waals surface area contributed by atoms with Crippen LogP contribution in [0.2, 0.25) is 5.02 Å². The van der Waals surface area contributed by atoms with Crippen LogP contribution in [-0.4, -0.2) is 10.2 Å². The van der Waals surface area contributed by atoms with E-state index in [2.05, 4.69) is 26.1 Å². The fourth-order valence-electron chi connectivity index (χ4n) is 1.30. The van der Waals surface area contributed by atoms with Crippen molar-refractivity contribution in [2.45, 2.75) is 6.54 Å². The number of benzene rings is 1. The van der Waals surface area contributed by atoms with Gasteiger partial charge in [0.2, 0.25) is 0 Å². The van der Waals surface area contributed by atoms with Crippen molar-refractivity contribution in [3.63, 3.8) is 0 Å². The molecule has 0 atom stereocenters. The number of nitrogens with zero attached hydrogens (tertiary/aromatic N) is 1. The Morgan fingerprint density at radius 3 is 2.87 bits per heavy atom. The van der Waals surface area contributed by atoms with Crippen LogP contribution in [0.15, 0.2) is 28.7 Å². The number of halogens is 2. The van der Waals surface area contributed by atoms with E-state index in [1.807, 2.05) is 24.3 Å². The highest BCUT2D eigenvalue weighted by Crippen LogP contribution is 2.29. The molecule has 5 heteroatoms. The lowest BCUT2D eigenvalue weighted by atomic mass is 10.1. The lowest BCUT2D eigenvalue weighted by Gasteiger charge is -2.00. The number of nitrogens with two attached hydrogens (primary N) is 1. The number of H-pyrrole nitrogens is 1. The van der Waals surface area contributed by atoms with Crippen molar-refractivity contribution >= 4 is 27.5 Å². The normalized spacial score (nSPS) is 10.6. The maximum atomic E-state index is 5.92. The van der Waals surface area contributed by atoms with Crippen LogP contribution in [0.4, 0.5) is 0 Å². The molecule has 0 fully saturated rings. The number of nitrogens with one attached hydrogen (secondary N) is 1. The first-order valence-electron chi connectivity index (χ1n) is 4.40. The van der Waals surface area contributed by atoms with Crippen LogP contribution in [0, 0.1) is 0 Å². The molecule has 0 amide bonds. The Morgan fingerprint density at radius 2 is 2.20 bits per heavy atom. The Labute approximate surface area is 101 Å². The molecule has 1 aromatic carbocycles. The van der Waals surface area contributed by atoms with E-state index in [4.69, 9.17) is 17.3 Å². The van der Waals surface area contributed by atoms with E-state index in [1.165, 1.54) is 0 Å². The first kappa shape index (κ1) is 10.7. The number of aromatic amines is 1. The monoisotopic (exact) mass is 285 g/mol. The summed E-state index contributed by atoms with van der Waals surface area (Å²) in [5, 5.41) is 7.71. The van der Waals surface area contributed by atoms with E-state index < -0.39 is 0 Å². The molecular weight excluding hydrogens is 277 g/mol. The highest BCUT2D eigenvalue weighted by atomic mass is 79.9. The molecule has 0 unspecified atom stereocenters. The zero-order chi connectivity index (χ0) is 10.8. The van der Waals surface area contributed by atoms with Crippen LogP contribution in [0.3, 0.4) is 0 Å². The summed E-state index contributed by atoms with van der Waals surface area (Å²) in [5.41, 5.74) is 8.19. The van der Waals surface area contributed by atoms with Gasteiger partial charge in [0, 0.05) is 27.3 Å². The van der Waals surface area contributed by atoms with Gasteiger partial charge >= 0.3 is 0 Å². The molecule has 0 bridgehead atoms. The van der Waals surface area contributed by atoms with Gasteiger partial charge in [-0.05, 0) is 24.3 Å². The lowest BCUT2D eigenvalue weighted by molar-refractivity contribution is 0.948. The summed E-state index contributed by atoms with van der Waals surface area (Å²) in [4.78, 5) is 0. The molecule has 0 aliphatic heterocycles. The van der Waals surface area contributed by atoms with E-state index in [0.29, 0.717) is 11.6 Å². The predicted molar refractivity (Wildman–Crippen MR) is 64.6 cm³/mol. The third kappa shape index (κ3) is 2.22. The van der Waals surface area contributed by atoms with Gasteiger partial charge in [-0.25, -0.2) is 0 Å². The molecular formula is C10H9BrClN3. The lowest BCUT2D eigenvalue weighted by Crippen LogP contribution is -1.95. The number of rotatable bonds is 2. The molecule has 2 rings (SSSR count). The molecule has 3 nitrogen and oxygen atoms in total. The summed E-state index contributed by atoms with van der Waals surface area (Å²) >= 11 is 9.38. The van der Waals surface area contributed by atoms with Crippen LogP contribution in [0.1, 0.15) is 5.69 Å². The molecule has 15 heavy (non-hydrogen) atoms. The molecule has 0 radical (unpaired) electrons. The summed E-state index contributed by atoms with van der Waals surface area (Å²) in [5.74, 6) is 0. The van der Waals surface area contributed by atoms with Gasteiger partial charge in [0.05, 0.1) is 5.69 Å². The van der Waals surface area contributed by atoms with E-state index in [1.54, 1.807) is 0 Å². The summed E-state index contributed by atoms with van der Waals surface area (Å²) < 4.78 is 0.960. The summed E-state index contributed by atoms with van der Waals surface area (Å²) in [6.07, 6.45) is 0. The van der Waals surface area contributed by atoms with E-state index in [-0.39, 0.29) is 0 Å². The highest BCUT2D eigenvalue weighted by Gasteiger charge is 2.07. The van der Waals surface area contributed by atoms with Crippen molar-refractivity contribution in [2.75, 3.05) is 0 Å². The molecule has 0 saturated heterocycles. The maximum absolute atomic E-state index is 5.92. The minimum atomic E-state index is 0.450. The van der Waals surface area contributed by atoms with Crippen molar-refractivity contribution in [1.82, 2.24) is 10.2 Å². The Kier molecular flexibility index (Phi) is 3.09. The predicted octanol–water partition coefficient (Wildman–Crippen LogP) is 2.95. The molecule has 2 aromatic rings. The SMILES string of the molecule is NCc1cc(-c2cc(Cl)ccc2Br)n[nH]1. The van der Waals surface area contributed by atoms with Gasteiger partial charge in [0.15, 0.2) is 0 Å². The average Bonchev–Trinajstić information content (AvgIpc) is 2.70. The molecule has 0 aliphatic carbocycles. The molecule has 0 saturated carbocycles. The summed E-state index contributed by atoms with van der Waals surface area (Å²) in [7, 11) is 0. The Morgan fingerprint density at radius 1 is 1.40 bits per heavy atom. The summed E-state index contributed by atoms with van der Waals surface area (Å²) in [6, 6.07) is 7.50. The molecule has 3 N–H and O–H groups in total. The molecule has 1 heterocycles. The van der Waals surface area contributed by atoms with Crippen LogP contribution in [-0.2, 0) is 6.54 Å². The van der Waals surface area contributed by atoms with E-state index in [0.717, 1.165) is 21.4 Å². The number of hydrogen-bond donors (Lipinski definition) is 2. The standard InChI is InChI=1S/C10H9BrClN3/c11-9-2-1-6(12)3-8(9)10-4-7(5-13)14-15-10/h1-4H,5,13H2,(H,14,15). The smallest absolute Gasteiger partial charge is 0.0935 e. The fourth-order valence-corrected chi connectivity index (χ4v) is 1.92. The average molecular weight is 287 g/mol. The van der Waals surface area contributed by atoms with Gasteiger partial charge in [-0.15, -0.1) is 0 Å². The van der Waals surface area contributed by atoms with Crippen molar-refractivity contribution in [1.29, 1.82) is 0 Å². The van der Waals surface area contributed by atoms with Crippen LogP contribution in [0.25, 0.3) is 11.3 Å². The zero-order valence-corrected chi connectivity index (χ0v) is 10.1. The summed E-state index contributed by atoms with van der Waals surface area (Å²) in [6.45, 7) is 0.450. The molecule has 0 aliphatic rings. The Balaban J connectivity index is 2.48. The van der Waals surface area contributed by atoms with Crippen LogP contribution in [0.5, 0.6) is 0 Å². The van der Waals surface area contributed by atoms with Gasteiger partial charge in [-0.2, -0.15) is 5.10 Å². The van der Waals surface area contributed by atoms with Crippen LogP contribution < -0.4 is 5.73 Å². The highest BCUT2D eigenvalue weighted by molar-refractivity contribution is 9.10. The third-order valence-electron chi connectivity index (χ3n) is 2.06. The molecule has 78 valence electrons. The quantitative estimate of drug-likeness (QED) is 0.892. The van der Waals surface area contributed by atoms with Gasteiger partial charge in [-0.3, -0.25) is 5.10 Å². The largest absolute Gasteiger partial charge is 0.325 e. The van der Waals surface area contributed by atoms with Gasteiger partial charge in [0.1, 0.15) is 0 Å². The van der Waals surface area contributed by atoms with E-state index in [9.17, 15) is 0 Å². The minimum Gasteiger partial charge on any atom is -0.325 e.